The minimum absolute atomic E-state index is 0.0111. The molecule has 172 valence electrons. The largest absolute Gasteiger partial charge is 0.466 e. The highest BCUT2D eigenvalue weighted by Crippen LogP contribution is 2.30. The van der Waals surface area contributed by atoms with Gasteiger partial charge < -0.3 is 14.1 Å². The summed E-state index contributed by atoms with van der Waals surface area (Å²) in [4.78, 5) is 32.2. The van der Waals surface area contributed by atoms with Crippen molar-refractivity contribution in [2.45, 2.75) is 73.5 Å². The molecular weight excluding hydrogens is 408 g/mol. The molecule has 0 aromatic carbocycles. The molecule has 0 spiro atoms. The number of fused-ring (bicyclic) bond motifs is 1. The molecule has 0 atom stereocenters. The van der Waals surface area contributed by atoms with Crippen LogP contribution in [0.15, 0.2) is 22.7 Å². The summed E-state index contributed by atoms with van der Waals surface area (Å²) in [5.41, 5.74) is 2.30. The molecule has 0 N–H and O–H groups in total. The number of furan rings is 1. The first kappa shape index (κ1) is 23.5. The van der Waals surface area contributed by atoms with Crippen molar-refractivity contribution in [1.82, 2.24) is 19.7 Å². The van der Waals surface area contributed by atoms with Crippen molar-refractivity contribution in [2.75, 3.05) is 6.61 Å². The molecule has 0 aliphatic carbocycles. The van der Waals surface area contributed by atoms with Gasteiger partial charge in [0.1, 0.15) is 11.5 Å². The predicted molar refractivity (Wildman–Crippen MR) is 122 cm³/mol. The normalized spacial score (nSPS) is 11.7. The highest BCUT2D eigenvalue weighted by Gasteiger charge is 2.24. The van der Waals surface area contributed by atoms with Crippen LogP contribution in [0.1, 0.15) is 69.5 Å². The van der Waals surface area contributed by atoms with Crippen LogP contribution in [0.4, 0.5) is 0 Å². The minimum atomic E-state index is -0.583. The molecular formula is C24H32N4O4. The lowest BCUT2D eigenvalue weighted by Crippen LogP contribution is -2.44. The molecule has 0 bridgehead atoms. The average molecular weight is 441 g/mol. The third-order valence-electron chi connectivity index (χ3n) is 5.32. The standard InChI is InChI=1S/C24H32N4O4/c1-13(2)27(14(3)4)22(29)12-31-24(30)19-10-21(18-9-16(7)32-17(18)8)26-23-20(19)11-25-28(23)15(5)6/h9-11,13-15H,12H2,1-8H3. The number of carbonyl (C=O) groups is 2. The molecule has 3 heterocycles. The molecule has 0 saturated heterocycles. The van der Waals surface area contributed by atoms with Gasteiger partial charge in [0.2, 0.25) is 0 Å². The third kappa shape index (κ3) is 4.54. The summed E-state index contributed by atoms with van der Waals surface area (Å²) in [5, 5.41) is 5.00. The van der Waals surface area contributed by atoms with Crippen LogP contribution >= 0.6 is 0 Å². The zero-order valence-electron chi connectivity index (χ0n) is 20.1. The van der Waals surface area contributed by atoms with E-state index in [4.69, 9.17) is 14.1 Å². The third-order valence-corrected chi connectivity index (χ3v) is 5.32. The molecule has 0 radical (unpaired) electrons. The molecule has 3 aromatic heterocycles. The summed E-state index contributed by atoms with van der Waals surface area (Å²) in [7, 11) is 0. The van der Waals surface area contributed by atoms with Crippen molar-refractivity contribution >= 4 is 22.9 Å². The van der Waals surface area contributed by atoms with E-state index in [0.717, 1.165) is 11.3 Å². The minimum Gasteiger partial charge on any atom is -0.466 e. The number of rotatable bonds is 7. The van der Waals surface area contributed by atoms with Crippen LogP contribution in [0.25, 0.3) is 22.3 Å². The Morgan fingerprint density at radius 1 is 1.09 bits per heavy atom. The molecule has 3 aromatic rings. The van der Waals surface area contributed by atoms with Crippen molar-refractivity contribution in [3.05, 3.63) is 35.4 Å². The van der Waals surface area contributed by atoms with Crippen molar-refractivity contribution in [1.29, 1.82) is 0 Å². The molecule has 3 rings (SSSR count). The van der Waals surface area contributed by atoms with Gasteiger partial charge in [-0.25, -0.2) is 14.5 Å². The highest BCUT2D eigenvalue weighted by atomic mass is 16.5. The molecule has 0 unspecified atom stereocenters. The Hall–Kier alpha value is -3.16. The zero-order valence-corrected chi connectivity index (χ0v) is 20.1. The first-order valence-corrected chi connectivity index (χ1v) is 10.9. The second-order valence-electron chi connectivity index (χ2n) is 8.87. The van der Waals surface area contributed by atoms with Gasteiger partial charge in [-0.05, 0) is 67.5 Å². The Kier molecular flexibility index (Phi) is 6.71. The summed E-state index contributed by atoms with van der Waals surface area (Å²) in [6.45, 7) is 15.1. The van der Waals surface area contributed by atoms with Gasteiger partial charge in [0, 0.05) is 23.7 Å². The molecule has 0 aliphatic rings. The van der Waals surface area contributed by atoms with E-state index in [0.29, 0.717) is 28.1 Å². The fraction of sp³-hybridized carbons (Fsp3) is 0.500. The Bertz CT molecular complexity index is 1130. The van der Waals surface area contributed by atoms with Crippen molar-refractivity contribution in [3.8, 4) is 11.3 Å². The molecule has 8 heteroatoms. The first-order chi connectivity index (χ1) is 15.0. The number of aromatic nitrogens is 3. The van der Waals surface area contributed by atoms with E-state index < -0.39 is 5.97 Å². The number of carbonyl (C=O) groups excluding carboxylic acids is 2. The number of esters is 1. The van der Waals surface area contributed by atoms with Crippen molar-refractivity contribution < 1.29 is 18.7 Å². The van der Waals surface area contributed by atoms with E-state index in [1.807, 2.05) is 61.5 Å². The van der Waals surface area contributed by atoms with E-state index >= 15 is 0 Å². The Labute approximate surface area is 188 Å². The summed E-state index contributed by atoms with van der Waals surface area (Å²) >= 11 is 0. The van der Waals surface area contributed by atoms with E-state index in [2.05, 4.69) is 5.10 Å². The molecule has 1 amide bonds. The molecule has 0 saturated carbocycles. The van der Waals surface area contributed by atoms with Crippen LogP contribution in [0.3, 0.4) is 0 Å². The Morgan fingerprint density at radius 2 is 1.75 bits per heavy atom. The smallest absolute Gasteiger partial charge is 0.339 e. The monoisotopic (exact) mass is 440 g/mol. The fourth-order valence-corrected chi connectivity index (χ4v) is 4.04. The quantitative estimate of drug-likeness (QED) is 0.495. The average Bonchev–Trinajstić information content (AvgIpc) is 3.27. The van der Waals surface area contributed by atoms with Crippen LogP contribution in [0, 0.1) is 13.8 Å². The van der Waals surface area contributed by atoms with Gasteiger partial charge in [0.05, 0.1) is 22.8 Å². The summed E-state index contributed by atoms with van der Waals surface area (Å²) in [6.07, 6.45) is 1.62. The number of hydrogen-bond acceptors (Lipinski definition) is 6. The summed E-state index contributed by atoms with van der Waals surface area (Å²) < 4.78 is 12.9. The summed E-state index contributed by atoms with van der Waals surface area (Å²) in [5.74, 6) is 0.659. The highest BCUT2D eigenvalue weighted by molar-refractivity contribution is 6.04. The van der Waals surface area contributed by atoms with Gasteiger partial charge in [-0.15, -0.1) is 0 Å². The number of nitrogens with zero attached hydrogens (tertiary/aromatic N) is 4. The number of ether oxygens (including phenoxy) is 1. The lowest BCUT2D eigenvalue weighted by atomic mass is 10.1. The molecule has 0 aliphatic heterocycles. The lowest BCUT2D eigenvalue weighted by molar-refractivity contribution is -0.138. The molecule has 32 heavy (non-hydrogen) atoms. The Morgan fingerprint density at radius 3 is 2.28 bits per heavy atom. The zero-order chi connectivity index (χ0) is 23.7. The maximum atomic E-state index is 13.1. The van der Waals surface area contributed by atoms with Crippen LogP contribution < -0.4 is 0 Å². The van der Waals surface area contributed by atoms with Gasteiger partial charge in [-0.1, -0.05) is 0 Å². The summed E-state index contributed by atoms with van der Waals surface area (Å²) in [6, 6.07) is 3.65. The number of hydrogen-bond donors (Lipinski definition) is 0. The van der Waals surface area contributed by atoms with E-state index in [1.165, 1.54) is 0 Å². The van der Waals surface area contributed by atoms with Gasteiger partial charge in [0.25, 0.3) is 5.91 Å². The second kappa shape index (κ2) is 9.14. The fourth-order valence-electron chi connectivity index (χ4n) is 4.04. The number of pyridine rings is 1. The Balaban J connectivity index is 2.00. The number of amides is 1. The van der Waals surface area contributed by atoms with Crippen LogP contribution in [-0.2, 0) is 9.53 Å². The predicted octanol–water partition coefficient (Wildman–Crippen LogP) is 4.69. The second-order valence-corrected chi connectivity index (χ2v) is 8.87. The van der Waals surface area contributed by atoms with E-state index in [9.17, 15) is 9.59 Å². The maximum Gasteiger partial charge on any atom is 0.339 e. The molecule has 0 fully saturated rings. The topological polar surface area (TPSA) is 90.5 Å². The SMILES string of the molecule is Cc1cc(-c2cc(C(=O)OCC(=O)N(C(C)C)C(C)C)c3cnn(C(C)C)c3n2)c(C)o1. The maximum absolute atomic E-state index is 13.1. The van der Waals surface area contributed by atoms with Gasteiger partial charge in [-0.3, -0.25) is 4.79 Å². The number of aryl methyl sites for hydroxylation is 2. The van der Waals surface area contributed by atoms with Crippen molar-refractivity contribution in [2.24, 2.45) is 0 Å². The molecule has 8 nitrogen and oxygen atoms in total. The van der Waals surface area contributed by atoms with Crippen LogP contribution in [-0.4, -0.2) is 50.2 Å². The van der Waals surface area contributed by atoms with Crippen LogP contribution in [0.5, 0.6) is 0 Å². The van der Waals surface area contributed by atoms with Gasteiger partial charge >= 0.3 is 5.97 Å². The first-order valence-electron chi connectivity index (χ1n) is 10.9. The van der Waals surface area contributed by atoms with Crippen LogP contribution in [0.2, 0.25) is 0 Å². The van der Waals surface area contributed by atoms with Gasteiger partial charge in [0.15, 0.2) is 12.3 Å². The van der Waals surface area contributed by atoms with E-state index in [1.54, 1.807) is 21.8 Å². The lowest BCUT2D eigenvalue weighted by Gasteiger charge is -2.30. The van der Waals surface area contributed by atoms with E-state index in [-0.39, 0.29) is 30.6 Å². The van der Waals surface area contributed by atoms with Crippen molar-refractivity contribution in [3.63, 3.8) is 0 Å². The van der Waals surface area contributed by atoms with Gasteiger partial charge in [-0.2, -0.15) is 5.10 Å².